The fraction of sp³-hybridized carbons (Fsp3) is 0.136. The van der Waals surface area contributed by atoms with Crippen molar-refractivity contribution in [2.24, 2.45) is 0 Å². The van der Waals surface area contributed by atoms with Gasteiger partial charge in [0.2, 0.25) is 5.91 Å². The van der Waals surface area contributed by atoms with Crippen LogP contribution < -0.4 is 5.32 Å². The Balaban J connectivity index is 1.53. The number of anilines is 1. The van der Waals surface area contributed by atoms with Crippen molar-refractivity contribution in [3.63, 3.8) is 0 Å². The molecule has 0 unspecified atom stereocenters. The van der Waals surface area contributed by atoms with E-state index in [0.717, 1.165) is 39.0 Å². The zero-order chi connectivity index (χ0) is 22.9. The van der Waals surface area contributed by atoms with Gasteiger partial charge in [-0.15, -0.1) is 11.3 Å². The number of carbonyl (C=O) groups is 1. The molecule has 0 aliphatic carbocycles. The third-order valence-corrected chi connectivity index (χ3v) is 6.80. The van der Waals surface area contributed by atoms with Gasteiger partial charge in [0.25, 0.3) is 0 Å². The molecule has 0 saturated carbocycles. The number of hydrogen-bond donors (Lipinski definition) is 1. The van der Waals surface area contributed by atoms with Crippen LogP contribution in [0, 0.1) is 6.92 Å². The molecule has 4 aromatic rings. The number of carbonyl (C=O) groups excluding carboxylic acids is 1. The van der Waals surface area contributed by atoms with Gasteiger partial charge in [-0.05, 0) is 30.7 Å². The van der Waals surface area contributed by atoms with E-state index in [2.05, 4.69) is 15.3 Å². The zero-order valence-corrected chi connectivity index (χ0v) is 18.9. The molecule has 0 aliphatic rings. The Hall–Kier alpha value is -2.62. The summed E-state index contributed by atoms with van der Waals surface area (Å²) in [7, 11) is 0. The van der Waals surface area contributed by atoms with Crippen LogP contribution in [0.2, 0.25) is 5.02 Å². The first-order valence-corrected chi connectivity index (χ1v) is 11.6. The van der Waals surface area contributed by atoms with Gasteiger partial charge in [0, 0.05) is 16.6 Å². The SMILES string of the molecule is Cc1ccc(-c2csc3ncnc(SCC(=O)Nc4ccc(Cl)c(C(F)(F)F)c4)c23)cc1. The van der Waals surface area contributed by atoms with Crippen LogP contribution in [0.15, 0.2) is 59.2 Å². The molecule has 0 atom stereocenters. The second-order valence-corrected chi connectivity index (χ2v) is 9.13. The minimum Gasteiger partial charge on any atom is -0.325 e. The van der Waals surface area contributed by atoms with Crippen molar-refractivity contribution >= 4 is 56.5 Å². The average Bonchev–Trinajstić information content (AvgIpc) is 3.18. The number of amides is 1. The van der Waals surface area contributed by atoms with Crippen LogP contribution in [0.25, 0.3) is 21.3 Å². The van der Waals surface area contributed by atoms with E-state index in [0.29, 0.717) is 5.03 Å². The standard InChI is InChI=1S/C22H15ClF3N3OS2/c1-12-2-4-13(5-3-12)15-9-31-20-19(15)21(28-11-27-20)32-10-18(30)29-14-6-7-17(23)16(8-14)22(24,25)26/h2-9,11H,10H2,1H3,(H,29,30). The molecule has 0 radical (unpaired) electrons. The van der Waals surface area contributed by atoms with E-state index in [4.69, 9.17) is 11.6 Å². The smallest absolute Gasteiger partial charge is 0.325 e. The van der Waals surface area contributed by atoms with E-state index >= 15 is 0 Å². The first-order valence-electron chi connectivity index (χ1n) is 9.31. The number of nitrogens with zero attached hydrogens (tertiary/aromatic N) is 2. The summed E-state index contributed by atoms with van der Waals surface area (Å²) in [5.74, 6) is -0.483. The molecule has 2 heterocycles. The van der Waals surface area contributed by atoms with Crippen LogP contribution in [0.3, 0.4) is 0 Å². The third kappa shape index (κ3) is 4.90. The highest BCUT2D eigenvalue weighted by Crippen LogP contribution is 2.38. The van der Waals surface area contributed by atoms with Gasteiger partial charge < -0.3 is 5.32 Å². The lowest BCUT2D eigenvalue weighted by molar-refractivity contribution is -0.137. The van der Waals surface area contributed by atoms with Crippen LogP contribution in [-0.2, 0) is 11.0 Å². The molecule has 0 saturated heterocycles. The summed E-state index contributed by atoms with van der Waals surface area (Å²) in [4.78, 5) is 21.9. The topological polar surface area (TPSA) is 54.9 Å². The molecule has 2 aromatic carbocycles. The highest BCUT2D eigenvalue weighted by atomic mass is 35.5. The van der Waals surface area contributed by atoms with Crippen LogP contribution in [0.1, 0.15) is 11.1 Å². The third-order valence-electron chi connectivity index (χ3n) is 4.59. The summed E-state index contributed by atoms with van der Waals surface area (Å²) in [6.07, 6.45) is -3.17. The molecule has 10 heteroatoms. The van der Waals surface area contributed by atoms with E-state index in [1.54, 1.807) is 0 Å². The molecule has 2 aromatic heterocycles. The van der Waals surface area contributed by atoms with Crippen LogP contribution in [0.5, 0.6) is 0 Å². The van der Waals surface area contributed by atoms with E-state index in [-0.39, 0.29) is 11.4 Å². The summed E-state index contributed by atoms with van der Waals surface area (Å²) in [5, 5.41) is 5.55. The van der Waals surface area contributed by atoms with Crippen molar-refractivity contribution in [2.75, 3.05) is 11.1 Å². The summed E-state index contributed by atoms with van der Waals surface area (Å²) < 4.78 is 39.1. The Morgan fingerprint density at radius 1 is 1.16 bits per heavy atom. The van der Waals surface area contributed by atoms with Crippen molar-refractivity contribution in [1.82, 2.24) is 9.97 Å². The molecule has 4 rings (SSSR count). The maximum Gasteiger partial charge on any atom is 0.417 e. The maximum absolute atomic E-state index is 13.0. The second-order valence-electron chi connectivity index (χ2n) is 6.90. The Labute approximate surface area is 194 Å². The highest BCUT2D eigenvalue weighted by Gasteiger charge is 2.33. The molecule has 32 heavy (non-hydrogen) atoms. The van der Waals surface area contributed by atoms with Gasteiger partial charge in [0.05, 0.1) is 21.7 Å². The molecule has 0 bridgehead atoms. The number of halogens is 4. The number of nitrogens with one attached hydrogen (secondary N) is 1. The molecule has 1 amide bonds. The van der Waals surface area contributed by atoms with Gasteiger partial charge in [0.15, 0.2) is 0 Å². The lowest BCUT2D eigenvalue weighted by Crippen LogP contribution is -2.15. The molecule has 0 aliphatic heterocycles. The second kappa shape index (κ2) is 9.09. The van der Waals surface area contributed by atoms with E-state index in [1.165, 1.54) is 35.5 Å². The Morgan fingerprint density at radius 2 is 1.91 bits per heavy atom. The number of hydrogen-bond acceptors (Lipinski definition) is 5. The molecular weight excluding hydrogens is 479 g/mol. The summed E-state index contributed by atoms with van der Waals surface area (Å²) in [6, 6.07) is 11.3. The maximum atomic E-state index is 13.0. The highest BCUT2D eigenvalue weighted by molar-refractivity contribution is 8.00. The molecule has 0 fully saturated rings. The number of benzene rings is 2. The largest absolute Gasteiger partial charge is 0.417 e. The molecule has 4 nitrogen and oxygen atoms in total. The summed E-state index contributed by atoms with van der Waals surface area (Å²) in [6.45, 7) is 2.01. The van der Waals surface area contributed by atoms with E-state index < -0.39 is 22.7 Å². The first-order chi connectivity index (χ1) is 15.2. The van der Waals surface area contributed by atoms with Gasteiger partial charge in [0.1, 0.15) is 16.2 Å². The minimum absolute atomic E-state index is 0.0241. The number of rotatable bonds is 5. The zero-order valence-electron chi connectivity index (χ0n) is 16.5. The normalized spacial score (nSPS) is 11.7. The van der Waals surface area contributed by atoms with Crippen LogP contribution >= 0.6 is 34.7 Å². The fourth-order valence-electron chi connectivity index (χ4n) is 3.05. The Morgan fingerprint density at radius 3 is 2.62 bits per heavy atom. The van der Waals surface area contributed by atoms with Gasteiger partial charge in [-0.1, -0.05) is 53.2 Å². The molecule has 164 valence electrons. The van der Waals surface area contributed by atoms with Gasteiger partial charge in [-0.2, -0.15) is 13.2 Å². The van der Waals surface area contributed by atoms with Crippen molar-refractivity contribution < 1.29 is 18.0 Å². The van der Waals surface area contributed by atoms with Crippen molar-refractivity contribution in [2.45, 2.75) is 18.1 Å². The fourth-order valence-corrected chi connectivity index (χ4v) is 5.07. The quantitative estimate of drug-likeness (QED) is 0.238. The number of thiophene rings is 1. The predicted molar refractivity (Wildman–Crippen MR) is 123 cm³/mol. The van der Waals surface area contributed by atoms with Gasteiger partial charge in [-0.25, -0.2) is 9.97 Å². The van der Waals surface area contributed by atoms with E-state index in [1.807, 2.05) is 36.6 Å². The number of fused-ring (bicyclic) bond motifs is 1. The van der Waals surface area contributed by atoms with Gasteiger partial charge in [-0.3, -0.25) is 4.79 Å². The number of thioether (sulfide) groups is 1. The molecular formula is C22H15ClF3N3OS2. The molecule has 0 spiro atoms. The Kier molecular flexibility index (Phi) is 6.41. The number of alkyl halides is 3. The van der Waals surface area contributed by atoms with Crippen molar-refractivity contribution in [3.8, 4) is 11.1 Å². The van der Waals surface area contributed by atoms with Crippen LogP contribution in [0.4, 0.5) is 18.9 Å². The summed E-state index contributed by atoms with van der Waals surface area (Å²) >= 11 is 8.31. The monoisotopic (exact) mass is 493 g/mol. The van der Waals surface area contributed by atoms with Gasteiger partial charge >= 0.3 is 6.18 Å². The lowest BCUT2D eigenvalue weighted by atomic mass is 10.1. The molecule has 1 N–H and O–H groups in total. The van der Waals surface area contributed by atoms with Crippen molar-refractivity contribution in [1.29, 1.82) is 0 Å². The minimum atomic E-state index is -4.61. The van der Waals surface area contributed by atoms with E-state index in [9.17, 15) is 18.0 Å². The van der Waals surface area contributed by atoms with Crippen molar-refractivity contribution in [3.05, 3.63) is 70.3 Å². The first kappa shape index (κ1) is 22.6. The lowest BCUT2D eigenvalue weighted by Gasteiger charge is -2.12. The van der Waals surface area contributed by atoms with Crippen LogP contribution in [-0.4, -0.2) is 21.6 Å². The summed E-state index contributed by atoms with van der Waals surface area (Å²) in [5.41, 5.74) is 2.16. The Bertz CT molecular complexity index is 1290. The average molecular weight is 494 g/mol. The number of aryl methyl sites for hydroxylation is 1. The number of aromatic nitrogens is 2. The predicted octanol–water partition coefficient (Wildman–Crippen LogP) is 7.07.